The molecule has 0 radical (unpaired) electrons. The first kappa shape index (κ1) is 12.3. The number of amides is 1. The maximum Gasteiger partial charge on any atom is 0.292 e. The molecule has 0 N–H and O–H groups in total. The Balaban J connectivity index is 2.71. The summed E-state index contributed by atoms with van der Waals surface area (Å²) in [6, 6.07) is 1.60. The van der Waals surface area contributed by atoms with Gasteiger partial charge in [0.05, 0.1) is 5.69 Å². The van der Waals surface area contributed by atoms with Crippen LogP contribution in [0.3, 0.4) is 0 Å². The van der Waals surface area contributed by atoms with Crippen molar-refractivity contribution in [3.63, 3.8) is 0 Å². The average Bonchev–Trinajstić information content (AvgIpc) is 2.63. The van der Waals surface area contributed by atoms with Gasteiger partial charge in [-0.05, 0) is 6.92 Å². The van der Waals surface area contributed by atoms with E-state index in [0.29, 0.717) is 30.5 Å². The van der Waals surface area contributed by atoms with Gasteiger partial charge in [-0.2, -0.15) is 0 Å². The van der Waals surface area contributed by atoms with Gasteiger partial charge in [0.1, 0.15) is 0 Å². The van der Waals surface area contributed by atoms with Crippen molar-refractivity contribution in [3.05, 3.63) is 17.5 Å². The molecule has 15 heavy (non-hydrogen) atoms. The largest absolute Gasteiger partial charge is 0.351 e. The zero-order valence-electron chi connectivity index (χ0n) is 8.37. The van der Waals surface area contributed by atoms with Crippen LogP contribution in [0, 0.1) is 6.92 Å². The molecule has 0 aliphatic carbocycles. The van der Waals surface area contributed by atoms with E-state index in [4.69, 9.17) is 27.7 Å². The van der Waals surface area contributed by atoms with Crippen LogP contribution < -0.4 is 0 Å². The van der Waals surface area contributed by atoms with Gasteiger partial charge >= 0.3 is 0 Å². The fourth-order valence-electron chi connectivity index (χ4n) is 1.14. The minimum absolute atomic E-state index is 0.225. The Morgan fingerprint density at radius 2 is 2.07 bits per heavy atom. The number of halogens is 2. The van der Waals surface area contributed by atoms with Crippen molar-refractivity contribution in [2.24, 2.45) is 0 Å². The van der Waals surface area contributed by atoms with Gasteiger partial charge in [-0.15, -0.1) is 23.2 Å². The van der Waals surface area contributed by atoms with E-state index >= 15 is 0 Å². The Labute approximate surface area is 98.1 Å². The summed E-state index contributed by atoms with van der Waals surface area (Å²) >= 11 is 11.2. The molecule has 6 heteroatoms. The SMILES string of the molecule is Cc1cc(C(=O)N(CCCl)CCCl)on1. The highest BCUT2D eigenvalue weighted by Gasteiger charge is 2.18. The Morgan fingerprint density at radius 3 is 2.47 bits per heavy atom. The molecule has 1 amide bonds. The van der Waals surface area contributed by atoms with Crippen LogP contribution in [0.5, 0.6) is 0 Å². The number of carbonyl (C=O) groups excluding carboxylic acids is 1. The van der Waals surface area contributed by atoms with Gasteiger partial charge in [-0.1, -0.05) is 5.16 Å². The van der Waals surface area contributed by atoms with Gasteiger partial charge in [0, 0.05) is 30.9 Å². The standard InChI is InChI=1S/C9H12Cl2N2O2/c1-7-6-8(15-12-7)9(14)13(4-2-10)5-3-11/h6H,2-5H2,1H3. The van der Waals surface area contributed by atoms with Crippen LogP contribution in [0.25, 0.3) is 0 Å². The Bertz CT molecular complexity index is 322. The van der Waals surface area contributed by atoms with E-state index in [0.717, 1.165) is 0 Å². The molecule has 0 spiro atoms. The van der Waals surface area contributed by atoms with E-state index in [2.05, 4.69) is 5.16 Å². The molecule has 0 unspecified atom stereocenters. The van der Waals surface area contributed by atoms with Crippen molar-refractivity contribution in [1.82, 2.24) is 10.1 Å². The molecule has 1 rings (SSSR count). The molecule has 0 fully saturated rings. The van der Waals surface area contributed by atoms with Gasteiger partial charge < -0.3 is 9.42 Å². The third-order valence-electron chi connectivity index (χ3n) is 1.83. The van der Waals surface area contributed by atoms with E-state index in [-0.39, 0.29) is 11.7 Å². The van der Waals surface area contributed by atoms with E-state index in [1.165, 1.54) is 0 Å². The number of nitrogens with zero attached hydrogens (tertiary/aromatic N) is 2. The summed E-state index contributed by atoms with van der Waals surface area (Å²) < 4.78 is 4.87. The highest BCUT2D eigenvalue weighted by molar-refractivity contribution is 6.18. The van der Waals surface area contributed by atoms with Gasteiger partial charge in [0.15, 0.2) is 0 Å². The molecule has 0 saturated carbocycles. The molecule has 0 saturated heterocycles. The first-order valence-electron chi connectivity index (χ1n) is 4.53. The van der Waals surface area contributed by atoms with Crippen LogP contribution in [-0.4, -0.2) is 40.8 Å². The summed E-state index contributed by atoms with van der Waals surface area (Å²) in [4.78, 5) is 13.4. The molecule has 84 valence electrons. The lowest BCUT2D eigenvalue weighted by Crippen LogP contribution is -2.34. The van der Waals surface area contributed by atoms with Crippen LogP contribution in [0.1, 0.15) is 16.2 Å². The molecule has 0 atom stereocenters. The van der Waals surface area contributed by atoms with Crippen LogP contribution >= 0.6 is 23.2 Å². The minimum Gasteiger partial charge on any atom is -0.351 e. The minimum atomic E-state index is -0.225. The van der Waals surface area contributed by atoms with E-state index in [9.17, 15) is 4.79 Å². The fraction of sp³-hybridized carbons (Fsp3) is 0.556. The molecule has 0 aliphatic heterocycles. The van der Waals surface area contributed by atoms with Crippen molar-refractivity contribution in [3.8, 4) is 0 Å². The van der Waals surface area contributed by atoms with Crippen molar-refractivity contribution in [1.29, 1.82) is 0 Å². The zero-order valence-corrected chi connectivity index (χ0v) is 9.88. The van der Waals surface area contributed by atoms with Gasteiger partial charge in [-0.25, -0.2) is 0 Å². The summed E-state index contributed by atoms with van der Waals surface area (Å²) in [5.41, 5.74) is 0.676. The van der Waals surface area contributed by atoms with E-state index in [1.807, 2.05) is 0 Å². The summed E-state index contributed by atoms with van der Waals surface area (Å²) in [7, 11) is 0. The van der Waals surface area contributed by atoms with Crippen molar-refractivity contribution in [2.45, 2.75) is 6.92 Å². The predicted molar refractivity (Wildman–Crippen MR) is 58.6 cm³/mol. The lowest BCUT2D eigenvalue weighted by Gasteiger charge is -2.18. The quantitative estimate of drug-likeness (QED) is 0.751. The van der Waals surface area contributed by atoms with E-state index in [1.54, 1.807) is 17.9 Å². The number of alkyl halides is 2. The molecule has 4 nitrogen and oxygen atoms in total. The number of aromatic nitrogens is 1. The molecule has 0 aromatic carbocycles. The second kappa shape index (κ2) is 5.98. The summed E-state index contributed by atoms with van der Waals surface area (Å²) in [6.45, 7) is 2.66. The number of hydrogen-bond donors (Lipinski definition) is 0. The smallest absolute Gasteiger partial charge is 0.292 e. The second-order valence-corrected chi connectivity index (χ2v) is 3.76. The molecule has 0 aliphatic rings. The van der Waals surface area contributed by atoms with Crippen LogP contribution in [-0.2, 0) is 0 Å². The Morgan fingerprint density at radius 1 is 1.47 bits per heavy atom. The third kappa shape index (κ3) is 3.39. The topological polar surface area (TPSA) is 46.3 Å². The number of hydrogen-bond acceptors (Lipinski definition) is 3. The summed E-state index contributed by atoms with van der Waals surface area (Å²) in [5, 5.41) is 3.65. The zero-order chi connectivity index (χ0) is 11.3. The van der Waals surface area contributed by atoms with E-state index < -0.39 is 0 Å². The van der Waals surface area contributed by atoms with Crippen LogP contribution in [0.15, 0.2) is 10.6 Å². The van der Waals surface area contributed by atoms with Crippen LogP contribution in [0.2, 0.25) is 0 Å². The Hall–Kier alpha value is -0.740. The van der Waals surface area contributed by atoms with Gasteiger partial charge in [0.2, 0.25) is 5.76 Å². The second-order valence-electron chi connectivity index (χ2n) is 3.00. The van der Waals surface area contributed by atoms with Gasteiger partial charge in [0.25, 0.3) is 5.91 Å². The van der Waals surface area contributed by atoms with Crippen molar-refractivity contribution in [2.75, 3.05) is 24.8 Å². The first-order chi connectivity index (χ1) is 7.19. The average molecular weight is 251 g/mol. The molecule has 1 aromatic heterocycles. The van der Waals surface area contributed by atoms with Gasteiger partial charge in [-0.3, -0.25) is 4.79 Å². The highest BCUT2D eigenvalue weighted by Crippen LogP contribution is 2.07. The molecule has 1 heterocycles. The van der Waals surface area contributed by atoms with Crippen LogP contribution in [0.4, 0.5) is 0 Å². The highest BCUT2D eigenvalue weighted by atomic mass is 35.5. The Kier molecular flexibility index (Phi) is 4.91. The molecule has 1 aromatic rings. The molecular formula is C9H12Cl2N2O2. The molecule has 0 bridgehead atoms. The van der Waals surface area contributed by atoms with Crippen molar-refractivity contribution >= 4 is 29.1 Å². The maximum absolute atomic E-state index is 11.8. The first-order valence-corrected chi connectivity index (χ1v) is 5.60. The number of aryl methyl sites for hydroxylation is 1. The maximum atomic E-state index is 11.8. The predicted octanol–water partition coefficient (Wildman–Crippen LogP) is 1.90. The number of rotatable bonds is 5. The normalized spacial score (nSPS) is 10.3. The fourth-order valence-corrected chi connectivity index (χ4v) is 1.55. The summed E-state index contributed by atoms with van der Waals surface area (Å²) in [5.74, 6) is 0.741. The lowest BCUT2D eigenvalue weighted by molar-refractivity contribution is 0.0733. The lowest BCUT2D eigenvalue weighted by atomic mass is 10.3. The van der Waals surface area contributed by atoms with Crippen molar-refractivity contribution < 1.29 is 9.32 Å². The summed E-state index contributed by atoms with van der Waals surface area (Å²) in [6.07, 6.45) is 0. The number of carbonyl (C=O) groups is 1. The monoisotopic (exact) mass is 250 g/mol. The molecular weight excluding hydrogens is 239 g/mol. The third-order valence-corrected chi connectivity index (χ3v) is 2.17.